The molecule has 2 aliphatic carbocycles. The molecular weight excluding hydrogens is 288 g/mol. The average molecular weight is 316 g/mol. The summed E-state index contributed by atoms with van der Waals surface area (Å²) in [5.41, 5.74) is 0.903. The molecule has 0 amide bonds. The van der Waals surface area contributed by atoms with E-state index in [1.807, 2.05) is 6.08 Å². The van der Waals surface area contributed by atoms with E-state index in [-0.39, 0.29) is 0 Å². The molecule has 0 atom stereocenters. The van der Waals surface area contributed by atoms with Crippen molar-refractivity contribution in [3.05, 3.63) is 11.8 Å². The van der Waals surface area contributed by atoms with E-state index in [1.54, 1.807) is 12.2 Å². The van der Waals surface area contributed by atoms with Crippen LogP contribution in [0.4, 0.5) is 0 Å². The number of nitrogens with zero attached hydrogens (tertiary/aromatic N) is 2. The molecule has 0 unspecified atom stereocenters. The highest BCUT2D eigenvalue weighted by atomic mass is 16.1. The SMILES string of the molecule is O=C=NCCC=C(N=C=O)C(C1CCCCC1)C1CCCCC1. The van der Waals surface area contributed by atoms with Crippen LogP contribution >= 0.6 is 0 Å². The van der Waals surface area contributed by atoms with Gasteiger partial charge in [0.2, 0.25) is 12.2 Å². The summed E-state index contributed by atoms with van der Waals surface area (Å²) in [6.07, 6.45) is 18.8. The van der Waals surface area contributed by atoms with Gasteiger partial charge in [-0.2, -0.15) is 4.99 Å². The topological polar surface area (TPSA) is 58.9 Å². The molecular formula is C19H28N2O2. The monoisotopic (exact) mass is 316 g/mol. The Morgan fingerprint density at radius 1 is 0.913 bits per heavy atom. The molecule has 126 valence electrons. The minimum Gasteiger partial charge on any atom is -0.211 e. The van der Waals surface area contributed by atoms with E-state index >= 15 is 0 Å². The molecule has 0 bridgehead atoms. The number of carbonyl (C=O) groups excluding carboxylic acids is 2. The molecule has 0 heterocycles. The van der Waals surface area contributed by atoms with Crippen LogP contribution in [0.15, 0.2) is 21.8 Å². The minimum absolute atomic E-state index is 0.386. The fourth-order valence-corrected chi connectivity index (χ4v) is 4.49. The summed E-state index contributed by atoms with van der Waals surface area (Å²) in [5.74, 6) is 1.67. The Balaban J connectivity index is 2.19. The van der Waals surface area contributed by atoms with Gasteiger partial charge in [0.05, 0.1) is 12.2 Å². The lowest BCUT2D eigenvalue weighted by Crippen LogP contribution is -2.28. The molecule has 4 nitrogen and oxygen atoms in total. The maximum atomic E-state index is 11.0. The van der Waals surface area contributed by atoms with Crippen molar-refractivity contribution in [2.45, 2.75) is 70.6 Å². The van der Waals surface area contributed by atoms with Crippen molar-refractivity contribution in [2.75, 3.05) is 6.54 Å². The Labute approximate surface area is 139 Å². The van der Waals surface area contributed by atoms with Crippen molar-refractivity contribution in [1.29, 1.82) is 0 Å². The van der Waals surface area contributed by atoms with E-state index < -0.39 is 0 Å². The molecule has 23 heavy (non-hydrogen) atoms. The minimum atomic E-state index is 0.386. The molecule has 2 aliphatic rings. The normalized spacial score (nSPS) is 20.8. The van der Waals surface area contributed by atoms with Crippen molar-refractivity contribution in [3.8, 4) is 0 Å². The summed E-state index contributed by atoms with van der Waals surface area (Å²) in [6, 6.07) is 0. The van der Waals surface area contributed by atoms with Gasteiger partial charge in [0.1, 0.15) is 0 Å². The molecule has 0 N–H and O–H groups in total. The first-order valence-corrected chi connectivity index (χ1v) is 9.18. The number of rotatable bonds is 7. The third-order valence-electron chi connectivity index (χ3n) is 5.49. The number of allylic oxidation sites excluding steroid dienone is 1. The fourth-order valence-electron chi connectivity index (χ4n) is 4.49. The van der Waals surface area contributed by atoms with E-state index in [2.05, 4.69) is 9.98 Å². The maximum absolute atomic E-state index is 11.0. The van der Waals surface area contributed by atoms with Gasteiger partial charge in [-0.05, 0) is 43.9 Å². The number of isocyanates is 2. The molecule has 0 aliphatic heterocycles. The molecule has 0 spiro atoms. The van der Waals surface area contributed by atoms with Gasteiger partial charge >= 0.3 is 0 Å². The quantitative estimate of drug-likeness (QED) is 0.388. The van der Waals surface area contributed by atoms with Crippen molar-refractivity contribution in [1.82, 2.24) is 0 Å². The molecule has 2 rings (SSSR count). The van der Waals surface area contributed by atoms with Crippen LogP contribution in [0, 0.1) is 17.8 Å². The van der Waals surface area contributed by atoms with Crippen LogP contribution in [0.3, 0.4) is 0 Å². The highest BCUT2D eigenvalue weighted by molar-refractivity contribution is 5.38. The van der Waals surface area contributed by atoms with E-state index in [4.69, 9.17) is 0 Å². The van der Waals surface area contributed by atoms with Crippen LogP contribution in [-0.2, 0) is 9.59 Å². The molecule has 0 aromatic carbocycles. The highest BCUT2D eigenvalue weighted by Gasteiger charge is 2.34. The lowest BCUT2D eigenvalue weighted by Gasteiger charge is -2.37. The number of aliphatic imine (C=N–C) groups is 2. The van der Waals surface area contributed by atoms with Crippen LogP contribution in [-0.4, -0.2) is 18.7 Å². The standard InChI is InChI=1S/C19H28N2O2/c22-14-20-13-7-12-18(21-15-23)19(16-8-3-1-4-9-16)17-10-5-2-6-11-17/h12,16-17,19H,1-11,13H2. The third kappa shape index (κ3) is 5.57. The van der Waals surface area contributed by atoms with Gasteiger partial charge in [-0.25, -0.2) is 14.6 Å². The predicted octanol–water partition coefficient (Wildman–Crippen LogP) is 4.71. The smallest absolute Gasteiger partial charge is 0.211 e. The summed E-state index contributed by atoms with van der Waals surface area (Å²) in [6.45, 7) is 0.420. The number of hydrogen-bond acceptors (Lipinski definition) is 4. The van der Waals surface area contributed by atoms with Gasteiger partial charge in [-0.15, -0.1) is 0 Å². The largest absolute Gasteiger partial charge is 0.240 e. The number of hydrogen-bond donors (Lipinski definition) is 0. The third-order valence-corrected chi connectivity index (χ3v) is 5.49. The summed E-state index contributed by atoms with van der Waals surface area (Å²) >= 11 is 0. The second-order valence-electron chi connectivity index (χ2n) is 6.92. The van der Waals surface area contributed by atoms with E-state index in [0.29, 0.717) is 30.7 Å². The first-order valence-electron chi connectivity index (χ1n) is 9.18. The van der Waals surface area contributed by atoms with Crippen molar-refractivity contribution >= 4 is 12.2 Å². The highest BCUT2D eigenvalue weighted by Crippen LogP contribution is 2.43. The Bertz CT molecular complexity index is 458. The molecule has 0 aromatic heterocycles. The van der Waals surface area contributed by atoms with Crippen LogP contribution in [0.2, 0.25) is 0 Å². The lowest BCUT2D eigenvalue weighted by molar-refractivity contribution is 0.171. The van der Waals surface area contributed by atoms with Crippen LogP contribution in [0.1, 0.15) is 70.6 Å². The molecule has 4 heteroatoms. The summed E-state index contributed by atoms with van der Waals surface area (Å²) in [5, 5.41) is 0. The molecule has 0 radical (unpaired) electrons. The zero-order valence-electron chi connectivity index (χ0n) is 14.0. The molecule has 2 saturated carbocycles. The van der Waals surface area contributed by atoms with Crippen LogP contribution in [0.25, 0.3) is 0 Å². The van der Waals surface area contributed by atoms with Crippen molar-refractivity contribution < 1.29 is 9.59 Å². The van der Waals surface area contributed by atoms with Crippen LogP contribution in [0.5, 0.6) is 0 Å². The zero-order valence-corrected chi connectivity index (χ0v) is 14.0. The second-order valence-corrected chi connectivity index (χ2v) is 6.92. The molecule has 0 aromatic rings. The first-order chi connectivity index (χ1) is 11.4. The van der Waals surface area contributed by atoms with Gasteiger partial charge in [0.15, 0.2) is 0 Å². The molecule has 0 saturated heterocycles. The van der Waals surface area contributed by atoms with Crippen LogP contribution < -0.4 is 0 Å². The van der Waals surface area contributed by atoms with E-state index in [9.17, 15) is 9.59 Å². The van der Waals surface area contributed by atoms with Gasteiger partial charge < -0.3 is 0 Å². The summed E-state index contributed by atoms with van der Waals surface area (Å²) in [7, 11) is 0. The summed E-state index contributed by atoms with van der Waals surface area (Å²) < 4.78 is 0. The summed E-state index contributed by atoms with van der Waals surface area (Å²) in [4.78, 5) is 28.8. The maximum Gasteiger partial charge on any atom is 0.240 e. The Morgan fingerprint density at radius 3 is 1.96 bits per heavy atom. The second kappa shape index (κ2) is 10.3. The van der Waals surface area contributed by atoms with Gasteiger partial charge in [-0.1, -0.05) is 44.6 Å². The van der Waals surface area contributed by atoms with Gasteiger partial charge in [0, 0.05) is 5.92 Å². The molecule has 2 fully saturated rings. The Kier molecular flexibility index (Phi) is 8.00. The van der Waals surface area contributed by atoms with E-state index in [1.165, 1.54) is 64.2 Å². The predicted molar refractivity (Wildman–Crippen MR) is 90.5 cm³/mol. The fraction of sp³-hybridized carbons (Fsp3) is 0.789. The van der Waals surface area contributed by atoms with Crippen molar-refractivity contribution in [3.63, 3.8) is 0 Å². The average Bonchev–Trinajstić information content (AvgIpc) is 2.61. The lowest BCUT2D eigenvalue weighted by atomic mass is 9.68. The Hall–Kier alpha value is -1.50. The van der Waals surface area contributed by atoms with Gasteiger partial charge in [0.25, 0.3) is 0 Å². The van der Waals surface area contributed by atoms with Gasteiger partial charge in [-0.3, -0.25) is 0 Å². The first kappa shape index (κ1) is 17.8. The Morgan fingerprint density at radius 2 is 1.48 bits per heavy atom. The van der Waals surface area contributed by atoms with Crippen molar-refractivity contribution in [2.24, 2.45) is 27.7 Å². The van der Waals surface area contributed by atoms with E-state index in [0.717, 1.165) is 5.70 Å². The zero-order chi connectivity index (χ0) is 16.3.